The second kappa shape index (κ2) is 11.7. The first-order valence-electron chi connectivity index (χ1n) is 11.1. The predicted molar refractivity (Wildman–Crippen MR) is 142 cm³/mol. The zero-order valence-electron chi connectivity index (χ0n) is 19.7. The second-order valence-electron chi connectivity index (χ2n) is 7.61. The Bertz CT molecular complexity index is 1370. The van der Waals surface area contributed by atoms with E-state index in [2.05, 4.69) is 20.7 Å². The maximum absolute atomic E-state index is 12.5. The van der Waals surface area contributed by atoms with E-state index in [1.807, 2.05) is 47.9 Å². The number of rotatable bonds is 9. The summed E-state index contributed by atoms with van der Waals surface area (Å²) in [6.45, 7) is 4.22. The van der Waals surface area contributed by atoms with Gasteiger partial charge in [-0.2, -0.15) is 5.10 Å². The molecular formula is C26H24ClN5O3S. The number of hydrogen-bond acceptors (Lipinski definition) is 7. The quantitative estimate of drug-likeness (QED) is 0.175. The lowest BCUT2D eigenvalue weighted by molar-refractivity contribution is -0.118. The highest BCUT2D eigenvalue weighted by Gasteiger charge is 2.18. The number of hydrazone groups is 1. The van der Waals surface area contributed by atoms with Crippen LogP contribution in [0, 0.1) is 0 Å². The highest BCUT2D eigenvalue weighted by Crippen LogP contribution is 2.29. The normalized spacial score (nSPS) is 11.4. The van der Waals surface area contributed by atoms with Crippen LogP contribution in [0.3, 0.4) is 0 Å². The first kappa shape index (κ1) is 25.3. The number of hydrogen-bond donors (Lipinski definition) is 2. The number of nitrogens with one attached hydrogen (secondary N) is 1. The van der Waals surface area contributed by atoms with Crippen LogP contribution in [-0.4, -0.2) is 43.8 Å². The molecule has 0 bridgehead atoms. The maximum atomic E-state index is 12.5. The van der Waals surface area contributed by atoms with Crippen molar-refractivity contribution in [1.29, 1.82) is 0 Å². The summed E-state index contributed by atoms with van der Waals surface area (Å²) >= 11 is 7.30. The molecule has 4 aromatic rings. The zero-order valence-corrected chi connectivity index (χ0v) is 21.3. The van der Waals surface area contributed by atoms with Crippen LogP contribution in [-0.2, 0) is 4.79 Å². The van der Waals surface area contributed by atoms with Gasteiger partial charge in [0.25, 0.3) is 5.91 Å². The SMILES string of the molecule is CCOc1ccc(-n2c(SCC(=O)N/N=C(/C)c3ccccc3O)nnc2-c2ccc(Cl)cc2)cc1. The van der Waals surface area contributed by atoms with Crippen LogP contribution in [0.5, 0.6) is 11.5 Å². The number of para-hydroxylation sites is 1. The van der Waals surface area contributed by atoms with Crippen molar-refractivity contribution in [3.05, 3.63) is 83.4 Å². The minimum Gasteiger partial charge on any atom is -0.507 e. The Hall–Kier alpha value is -3.82. The fourth-order valence-electron chi connectivity index (χ4n) is 3.39. The van der Waals surface area contributed by atoms with Crippen LogP contribution < -0.4 is 10.2 Å². The van der Waals surface area contributed by atoms with E-state index in [1.165, 1.54) is 11.8 Å². The molecule has 2 N–H and O–H groups in total. The molecule has 1 amide bonds. The lowest BCUT2D eigenvalue weighted by Crippen LogP contribution is -2.21. The van der Waals surface area contributed by atoms with Crippen LogP contribution in [0.2, 0.25) is 5.02 Å². The Morgan fingerprint density at radius 3 is 2.50 bits per heavy atom. The number of carbonyl (C=O) groups is 1. The summed E-state index contributed by atoms with van der Waals surface area (Å²) < 4.78 is 7.44. The van der Waals surface area contributed by atoms with Crippen molar-refractivity contribution in [2.45, 2.75) is 19.0 Å². The first-order valence-corrected chi connectivity index (χ1v) is 12.5. The molecule has 36 heavy (non-hydrogen) atoms. The Kier molecular flexibility index (Phi) is 8.24. The number of carbonyl (C=O) groups excluding carboxylic acids is 1. The molecule has 0 atom stereocenters. The van der Waals surface area contributed by atoms with Crippen molar-refractivity contribution in [3.8, 4) is 28.6 Å². The molecule has 1 aromatic heterocycles. The number of ether oxygens (including phenoxy) is 1. The molecule has 0 spiro atoms. The number of phenolic OH excluding ortho intramolecular Hbond substituents is 1. The minimum absolute atomic E-state index is 0.0628. The third-order valence-corrected chi connectivity index (χ3v) is 6.30. The number of nitrogens with zero attached hydrogens (tertiary/aromatic N) is 4. The molecule has 0 aliphatic carbocycles. The van der Waals surface area contributed by atoms with Crippen molar-refractivity contribution in [1.82, 2.24) is 20.2 Å². The topological polar surface area (TPSA) is 102 Å². The van der Waals surface area contributed by atoms with E-state index in [9.17, 15) is 9.90 Å². The van der Waals surface area contributed by atoms with Gasteiger partial charge in [-0.25, -0.2) is 5.43 Å². The summed E-state index contributed by atoms with van der Waals surface area (Å²) in [5.74, 6) is 1.22. The van der Waals surface area contributed by atoms with Gasteiger partial charge in [0, 0.05) is 21.8 Å². The molecular weight excluding hydrogens is 498 g/mol. The van der Waals surface area contributed by atoms with Gasteiger partial charge in [0.05, 0.1) is 18.1 Å². The van der Waals surface area contributed by atoms with Gasteiger partial charge < -0.3 is 9.84 Å². The van der Waals surface area contributed by atoms with Crippen molar-refractivity contribution in [2.24, 2.45) is 5.10 Å². The monoisotopic (exact) mass is 521 g/mol. The van der Waals surface area contributed by atoms with E-state index in [-0.39, 0.29) is 17.4 Å². The van der Waals surface area contributed by atoms with Gasteiger partial charge in [-0.1, -0.05) is 35.5 Å². The largest absolute Gasteiger partial charge is 0.507 e. The summed E-state index contributed by atoms with van der Waals surface area (Å²) in [7, 11) is 0. The van der Waals surface area contributed by atoms with Gasteiger partial charge in [0.15, 0.2) is 11.0 Å². The van der Waals surface area contributed by atoms with E-state index in [0.717, 1.165) is 17.0 Å². The number of phenols is 1. The number of aromatic hydroxyl groups is 1. The lowest BCUT2D eigenvalue weighted by atomic mass is 10.1. The van der Waals surface area contributed by atoms with Gasteiger partial charge in [-0.05, 0) is 74.5 Å². The van der Waals surface area contributed by atoms with Crippen molar-refractivity contribution in [2.75, 3.05) is 12.4 Å². The first-order chi connectivity index (χ1) is 17.5. The summed E-state index contributed by atoms with van der Waals surface area (Å²) in [4.78, 5) is 12.5. The van der Waals surface area contributed by atoms with Crippen LogP contribution >= 0.6 is 23.4 Å². The Morgan fingerprint density at radius 2 is 1.81 bits per heavy atom. The van der Waals surface area contributed by atoms with Crippen LogP contribution in [0.1, 0.15) is 19.4 Å². The molecule has 8 nitrogen and oxygen atoms in total. The molecule has 0 aliphatic rings. The van der Waals surface area contributed by atoms with E-state index in [1.54, 1.807) is 43.3 Å². The molecule has 1 heterocycles. The average Bonchev–Trinajstić information content (AvgIpc) is 3.31. The number of benzene rings is 3. The average molecular weight is 522 g/mol. The van der Waals surface area contributed by atoms with Crippen LogP contribution in [0.15, 0.2) is 83.1 Å². The number of halogens is 1. The van der Waals surface area contributed by atoms with Crippen LogP contribution in [0.25, 0.3) is 17.1 Å². The van der Waals surface area contributed by atoms with Gasteiger partial charge in [-0.15, -0.1) is 10.2 Å². The fourth-order valence-corrected chi connectivity index (χ4v) is 4.26. The Morgan fingerprint density at radius 1 is 1.08 bits per heavy atom. The smallest absolute Gasteiger partial charge is 0.250 e. The van der Waals surface area contributed by atoms with E-state index in [0.29, 0.717) is 33.9 Å². The summed E-state index contributed by atoms with van der Waals surface area (Å²) in [5, 5.41) is 24.0. The van der Waals surface area contributed by atoms with Gasteiger partial charge >= 0.3 is 0 Å². The highest BCUT2D eigenvalue weighted by molar-refractivity contribution is 7.99. The molecule has 0 saturated carbocycles. The van der Waals surface area contributed by atoms with Gasteiger partial charge in [0.1, 0.15) is 11.5 Å². The minimum atomic E-state index is -0.316. The molecule has 0 saturated heterocycles. The summed E-state index contributed by atoms with van der Waals surface area (Å²) in [5.41, 5.74) is 5.23. The predicted octanol–water partition coefficient (Wildman–Crippen LogP) is 5.32. The highest BCUT2D eigenvalue weighted by atomic mass is 35.5. The van der Waals surface area contributed by atoms with E-state index >= 15 is 0 Å². The number of aromatic nitrogens is 3. The molecule has 0 unspecified atom stereocenters. The standard InChI is InChI=1S/C26H24ClN5O3S/c1-3-35-21-14-12-20(13-15-21)32-25(18-8-10-19(27)11-9-18)30-31-26(32)36-16-24(34)29-28-17(2)22-6-4-5-7-23(22)33/h4-15,33H,3,16H2,1-2H3,(H,29,34)/b28-17-. The molecule has 184 valence electrons. The molecule has 0 fully saturated rings. The van der Waals surface area contributed by atoms with Crippen molar-refractivity contribution in [3.63, 3.8) is 0 Å². The Labute approximate surface area is 218 Å². The van der Waals surface area contributed by atoms with Crippen molar-refractivity contribution >= 4 is 35.0 Å². The lowest BCUT2D eigenvalue weighted by Gasteiger charge is -2.11. The Balaban J connectivity index is 1.55. The number of amides is 1. The van der Waals surface area contributed by atoms with Crippen molar-refractivity contribution < 1.29 is 14.6 Å². The molecule has 4 rings (SSSR count). The van der Waals surface area contributed by atoms with Gasteiger partial charge in [-0.3, -0.25) is 9.36 Å². The fraction of sp³-hybridized carbons (Fsp3) is 0.154. The van der Waals surface area contributed by atoms with E-state index in [4.69, 9.17) is 16.3 Å². The van der Waals surface area contributed by atoms with Crippen LogP contribution in [0.4, 0.5) is 0 Å². The zero-order chi connectivity index (χ0) is 25.5. The maximum Gasteiger partial charge on any atom is 0.250 e. The number of thioether (sulfide) groups is 1. The summed E-state index contributed by atoms with van der Waals surface area (Å²) in [6, 6.07) is 21.7. The molecule has 3 aromatic carbocycles. The second-order valence-corrected chi connectivity index (χ2v) is 8.99. The third-order valence-electron chi connectivity index (χ3n) is 5.12. The van der Waals surface area contributed by atoms with E-state index < -0.39 is 0 Å². The summed E-state index contributed by atoms with van der Waals surface area (Å²) in [6.07, 6.45) is 0. The molecule has 0 aliphatic heterocycles. The van der Waals surface area contributed by atoms with Gasteiger partial charge in [0.2, 0.25) is 0 Å². The third kappa shape index (κ3) is 6.05. The molecule has 10 heteroatoms. The molecule has 0 radical (unpaired) electrons.